The summed E-state index contributed by atoms with van der Waals surface area (Å²) < 4.78 is 27.9. The number of sulfone groups is 1. The zero-order valence-corrected chi connectivity index (χ0v) is 27.7. The lowest BCUT2D eigenvalue weighted by atomic mass is 9.86. The van der Waals surface area contributed by atoms with Crippen molar-refractivity contribution in [1.29, 1.82) is 0 Å². The van der Waals surface area contributed by atoms with E-state index in [4.69, 9.17) is 0 Å². The summed E-state index contributed by atoms with van der Waals surface area (Å²) in [5.41, 5.74) is 2.90. The molecule has 9 heteroatoms. The zero-order valence-electron chi connectivity index (χ0n) is 24.5. The smallest absolute Gasteiger partial charge is 0.224 e. The van der Waals surface area contributed by atoms with Gasteiger partial charge in [-0.1, -0.05) is 68.3 Å². The van der Waals surface area contributed by atoms with Gasteiger partial charge in [-0.2, -0.15) is 0 Å². The van der Waals surface area contributed by atoms with E-state index in [1.54, 1.807) is 16.3 Å². The lowest BCUT2D eigenvalue weighted by molar-refractivity contribution is -0.116. The van der Waals surface area contributed by atoms with Gasteiger partial charge in [0.2, 0.25) is 5.91 Å². The molecule has 0 aliphatic carbocycles. The van der Waals surface area contributed by atoms with E-state index < -0.39 is 15.4 Å². The summed E-state index contributed by atoms with van der Waals surface area (Å²) >= 11 is 3.37. The van der Waals surface area contributed by atoms with E-state index in [1.807, 2.05) is 55.4 Å². The number of hydrogen-bond acceptors (Lipinski definition) is 6. The number of nitrogens with one attached hydrogen (secondary N) is 2. The van der Waals surface area contributed by atoms with Gasteiger partial charge in [-0.25, -0.2) is 8.42 Å². The molecule has 1 aliphatic rings. The predicted molar refractivity (Wildman–Crippen MR) is 175 cm³/mol. The summed E-state index contributed by atoms with van der Waals surface area (Å²) in [5, 5.41) is 6.99. The Bertz CT molecular complexity index is 1210. The molecule has 40 heavy (non-hydrogen) atoms. The molecule has 1 aliphatic heterocycles. The minimum Gasteiger partial charge on any atom is -0.378 e. The van der Waals surface area contributed by atoms with Crippen LogP contribution in [0.2, 0.25) is 0 Å². The Morgan fingerprint density at radius 3 is 2.42 bits per heavy atom. The molecule has 1 atom stereocenters. The van der Waals surface area contributed by atoms with Crippen LogP contribution in [0, 0.1) is 0 Å². The van der Waals surface area contributed by atoms with Crippen molar-refractivity contribution in [2.75, 3.05) is 35.8 Å². The first-order valence-corrected chi connectivity index (χ1v) is 19.1. The quantitative estimate of drug-likeness (QED) is 0.191. The van der Waals surface area contributed by atoms with Gasteiger partial charge in [-0.15, -0.1) is 0 Å². The highest BCUT2D eigenvalue weighted by Gasteiger charge is 2.42. The fourth-order valence-corrected chi connectivity index (χ4v) is 8.60. The highest BCUT2D eigenvalue weighted by Crippen LogP contribution is 2.40. The van der Waals surface area contributed by atoms with Crippen LogP contribution in [0.25, 0.3) is 0 Å². The fourth-order valence-electron chi connectivity index (χ4n) is 5.54. The number of amides is 1. The minimum atomic E-state index is -3.53. The predicted octanol–water partition coefficient (Wildman–Crippen LogP) is 7.88. The van der Waals surface area contributed by atoms with Crippen molar-refractivity contribution in [3.05, 3.63) is 53.6 Å². The Morgan fingerprint density at radius 2 is 1.77 bits per heavy atom. The molecule has 2 N–H and O–H groups in total. The van der Waals surface area contributed by atoms with Gasteiger partial charge in [-0.3, -0.25) is 10.1 Å². The molecule has 3 rings (SSSR count). The third-order valence-electron chi connectivity index (χ3n) is 7.72. The van der Waals surface area contributed by atoms with Crippen molar-refractivity contribution in [2.45, 2.75) is 94.5 Å². The number of benzene rings is 2. The maximum atomic E-state index is 14.0. The third-order valence-corrected chi connectivity index (χ3v) is 11.1. The molecule has 2 aromatic carbocycles. The van der Waals surface area contributed by atoms with E-state index in [2.05, 4.69) is 39.3 Å². The number of anilines is 2. The van der Waals surface area contributed by atoms with Crippen LogP contribution in [0.4, 0.5) is 11.4 Å². The van der Waals surface area contributed by atoms with Crippen molar-refractivity contribution in [3.63, 3.8) is 0 Å². The second-order valence-corrected chi connectivity index (χ2v) is 15.2. The molecule has 1 unspecified atom stereocenters. The Labute approximate surface area is 253 Å². The summed E-state index contributed by atoms with van der Waals surface area (Å²) in [7, 11) is 2.06. The number of fused-ring (bicyclic) bond motifs is 1. The van der Waals surface area contributed by atoms with Crippen LogP contribution in [-0.2, 0) is 14.6 Å². The van der Waals surface area contributed by atoms with Gasteiger partial charge in [0.1, 0.15) is 0 Å². The van der Waals surface area contributed by atoms with Crippen molar-refractivity contribution in [3.8, 4) is 0 Å². The first kappa shape index (κ1) is 33.0. The average molecular weight is 653 g/mol. The Morgan fingerprint density at radius 1 is 1.05 bits per heavy atom. The van der Waals surface area contributed by atoms with E-state index >= 15 is 0 Å². The molecule has 6 nitrogen and oxygen atoms in total. The van der Waals surface area contributed by atoms with Crippen LogP contribution in [-0.4, -0.2) is 45.5 Å². The van der Waals surface area contributed by atoms with Gasteiger partial charge in [-0.05, 0) is 82.0 Å². The van der Waals surface area contributed by atoms with Gasteiger partial charge >= 0.3 is 0 Å². The molecule has 2 aromatic rings. The molecular weight excluding hydrogens is 606 g/mol. The average Bonchev–Trinajstić information content (AvgIpc) is 3.02. The maximum Gasteiger partial charge on any atom is 0.224 e. The Kier molecular flexibility index (Phi) is 12.9. The van der Waals surface area contributed by atoms with Crippen LogP contribution < -0.4 is 15.5 Å². The largest absolute Gasteiger partial charge is 0.378 e. The van der Waals surface area contributed by atoms with Gasteiger partial charge in [0.15, 0.2) is 9.84 Å². The number of carbonyl (C=O) groups is 1. The summed E-state index contributed by atoms with van der Waals surface area (Å²) in [6, 6.07) is 13.3. The van der Waals surface area contributed by atoms with E-state index in [0.29, 0.717) is 11.3 Å². The normalized spacial score (nSPS) is 17.6. The van der Waals surface area contributed by atoms with Gasteiger partial charge < -0.3 is 10.2 Å². The fraction of sp³-hybridized carbons (Fsp3) is 0.581. The molecular formula is C31H46BrN3O3S2. The van der Waals surface area contributed by atoms with Crippen LogP contribution >= 0.6 is 25.0 Å². The first-order chi connectivity index (χ1) is 19.1. The number of hydrogen-bond donors (Lipinski definition) is 2. The van der Waals surface area contributed by atoms with Crippen LogP contribution in [0.5, 0.6) is 0 Å². The second kappa shape index (κ2) is 15.6. The van der Waals surface area contributed by atoms with Gasteiger partial charge in [0.05, 0.1) is 16.7 Å². The molecule has 0 saturated heterocycles. The summed E-state index contributed by atoms with van der Waals surface area (Å²) in [6.45, 7) is 4.31. The molecule has 0 spiro atoms. The number of rotatable bonds is 15. The van der Waals surface area contributed by atoms with Gasteiger partial charge in [0.25, 0.3) is 0 Å². The zero-order chi connectivity index (χ0) is 29.2. The monoisotopic (exact) mass is 651 g/mol. The van der Waals surface area contributed by atoms with Crippen LogP contribution in [0.15, 0.2) is 47.4 Å². The number of unbranched alkanes of at least 4 members (excludes halogenated alkanes) is 4. The van der Waals surface area contributed by atoms with Crippen LogP contribution in [0.1, 0.15) is 95.2 Å². The third kappa shape index (κ3) is 8.97. The van der Waals surface area contributed by atoms with E-state index in [-0.39, 0.29) is 17.7 Å². The van der Waals surface area contributed by atoms with Crippen molar-refractivity contribution in [2.24, 2.45) is 0 Å². The van der Waals surface area contributed by atoms with Crippen molar-refractivity contribution in [1.82, 2.24) is 5.32 Å². The summed E-state index contributed by atoms with van der Waals surface area (Å²) in [6.07, 6.45) is 9.00. The van der Waals surface area contributed by atoms with Crippen LogP contribution in [0.3, 0.4) is 0 Å². The number of halogens is 1. The minimum absolute atomic E-state index is 0.00980. The Hall–Kier alpha value is -1.55. The topological polar surface area (TPSA) is 78.5 Å². The molecule has 222 valence electrons. The standard InChI is InChI=1S/C31H46BrN3O3S2/c1-5-7-18-31(19-8-6-2)23-40(37,38)28-17-16-26(35(3)4)22-27(28)30(34-31)24-13-12-14-25(21-24)33-29(36)15-10-9-11-20-39-32/h12-14,16-17,21-22,30,34H,5-11,15,18-20,23H2,1-4H3,(H,33,36). The second-order valence-electron chi connectivity index (χ2n) is 11.2. The summed E-state index contributed by atoms with van der Waals surface area (Å²) in [4.78, 5) is 15.1. The lowest BCUT2D eigenvalue weighted by Crippen LogP contribution is -2.50. The van der Waals surface area contributed by atoms with Crippen molar-refractivity contribution < 1.29 is 13.2 Å². The van der Waals surface area contributed by atoms with Crippen molar-refractivity contribution >= 4 is 52.1 Å². The molecule has 0 aromatic heterocycles. The molecule has 1 heterocycles. The molecule has 0 fully saturated rings. The van der Waals surface area contributed by atoms with Gasteiger partial charge in [0, 0.05) is 43.2 Å². The number of nitrogens with zero attached hydrogens (tertiary/aromatic N) is 1. The van der Waals surface area contributed by atoms with E-state index in [9.17, 15) is 13.2 Å². The lowest BCUT2D eigenvalue weighted by Gasteiger charge is -2.37. The molecule has 1 amide bonds. The molecule has 0 bridgehead atoms. The maximum absolute atomic E-state index is 14.0. The number of carbonyl (C=O) groups excluding carboxylic acids is 1. The SMILES string of the molecule is CCCCC1(CCCC)CS(=O)(=O)c2ccc(N(C)C)cc2C(c2cccc(NC(=O)CCCCCSBr)c2)N1. The highest BCUT2D eigenvalue weighted by atomic mass is 79.9. The van der Waals surface area contributed by atoms with E-state index in [0.717, 1.165) is 86.0 Å². The van der Waals surface area contributed by atoms with E-state index in [1.165, 1.54) is 0 Å². The first-order valence-electron chi connectivity index (χ1n) is 14.6. The highest BCUT2D eigenvalue weighted by molar-refractivity contribution is 9.50. The molecule has 0 saturated carbocycles. The molecule has 0 radical (unpaired) electrons. The summed E-state index contributed by atoms with van der Waals surface area (Å²) in [5.74, 6) is 1.15. The Balaban J connectivity index is 2.02.